The molecule has 0 radical (unpaired) electrons. The normalized spacial score (nSPS) is 21.0. The molecule has 0 bridgehead atoms. The first-order chi connectivity index (χ1) is 7.77. The van der Waals surface area contributed by atoms with Gasteiger partial charge in [0, 0.05) is 18.6 Å². The Morgan fingerprint density at radius 3 is 2.12 bits per heavy atom. The van der Waals surface area contributed by atoms with Crippen molar-refractivity contribution in [1.82, 2.24) is 4.90 Å². The summed E-state index contributed by atoms with van der Waals surface area (Å²) in [5.74, 6) is 0.436. The number of rotatable bonds is 6. The van der Waals surface area contributed by atoms with E-state index in [0.29, 0.717) is 18.9 Å². The summed E-state index contributed by atoms with van der Waals surface area (Å²) in [6.45, 7) is 5.85. The third-order valence-electron chi connectivity index (χ3n) is 3.40. The second kappa shape index (κ2) is 5.57. The van der Waals surface area contributed by atoms with E-state index in [0.717, 1.165) is 12.8 Å². The highest BCUT2D eigenvalue weighted by molar-refractivity contribution is 4.91. The molecule has 0 aromatic carbocycles. The van der Waals surface area contributed by atoms with Gasteiger partial charge < -0.3 is 5.73 Å². The third kappa shape index (κ3) is 4.14. The van der Waals surface area contributed by atoms with E-state index in [9.17, 15) is 13.2 Å². The van der Waals surface area contributed by atoms with Crippen LogP contribution in [-0.4, -0.2) is 35.7 Å². The molecule has 0 aliphatic heterocycles. The Morgan fingerprint density at radius 1 is 1.29 bits per heavy atom. The van der Waals surface area contributed by atoms with E-state index in [4.69, 9.17) is 5.73 Å². The highest BCUT2D eigenvalue weighted by atomic mass is 19.4. The topological polar surface area (TPSA) is 29.3 Å². The molecule has 2 nitrogen and oxygen atoms in total. The van der Waals surface area contributed by atoms with Crippen LogP contribution in [0.5, 0.6) is 0 Å². The first-order valence-corrected chi connectivity index (χ1v) is 6.35. The molecule has 2 unspecified atom stereocenters. The van der Waals surface area contributed by atoms with Crippen LogP contribution in [0.3, 0.4) is 0 Å². The number of nitrogens with zero attached hydrogens (tertiary/aromatic N) is 1. The van der Waals surface area contributed by atoms with Gasteiger partial charge in [-0.2, -0.15) is 13.2 Å². The minimum Gasteiger partial charge on any atom is -0.326 e. The predicted molar refractivity (Wildman–Crippen MR) is 62.7 cm³/mol. The summed E-state index contributed by atoms with van der Waals surface area (Å²) in [6.07, 6.45) is -1.79. The van der Waals surface area contributed by atoms with Crippen LogP contribution in [0.25, 0.3) is 0 Å². The van der Waals surface area contributed by atoms with Crippen molar-refractivity contribution in [2.45, 2.75) is 64.3 Å². The van der Waals surface area contributed by atoms with Crippen molar-refractivity contribution in [1.29, 1.82) is 0 Å². The quantitative estimate of drug-likeness (QED) is 0.787. The van der Waals surface area contributed by atoms with Crippen molar-refractivity contribution in [3.05, 3.63) is 0 Å². The molecule has 2 atom stereocenters. The van der Waals surface area contributed by atoms with Crippen molar-refractivity contribution >= 4 is 0 Å². The molecule has 102 valence electrons. The van der Waals surface area contributed by atoms with Gasteiger partial charge in [-0.3, -0.25) is 4.90 Å². The Morgan fingerprint density at radius 2 is 1.82 bits per heavy atom. The summed E-state index contributed by atoms with van der Waals surface area (Å²) in [7, 11) is 0. The van der Waals surface area contributed by atoms with Gasteiger partial charge in [0.2, 0.25) is 0 Å². The number of nitrogens with two attached hydrogens (primary N) is 1. The highest BCUT2D eigenvalue weighted by Gasteiger charge is 2.48. The summed E-state index contributed by atoms with van der Waals surface area (Å²) in [4.78, 5) is 1.53. The number of hydrogen-bond acceptors (Lipinski definition) is 2. The zero-order valence-electron chi connectivity index (χ0n) is 10.8. The van der Waals surface area contributed by atoms with Gasteiger partial charge in [0.1, 0.15) is 6.04 Å². The molecule has 0 saturated heterocycles. The van der Waals surface area contributed by atoms with Crippen LogP contribution in [0, 0.1) is 5.92 Å². The van der Waals surface area contributed by atoms with E-state index in [1.807, 2.05) is 13.8 Å². The van der Waals surface area contributed by atoms with Crippen molar-refractivity contribution in [3.8, 4) is 0 Å². The monoisotopic (exact) mass is 252 g/mol. The van der Waals surface area contributed by atoms with Gasteiger partial charge in [0.05, 0.1) is 0 Å². The standard InChI is InChI=1S/C12H23F3N2/c1-4-10(16)11(12(13,14)15)17(8(2)3)7-9-5-6-9/h8-11H,4-7,16H2,1-3H3. The summed E-state index contributed by atoms with van der Waals surface area (Å²) in [6, 6.07) is -2.47. The SMILES string of the molecule is CCC(N)C(N(CC1CC1)C(C)C)C(F)(F)F. The van der Waals surface area contributed by atoms with Crippen molar-refractivity contribution < 1.29 is 13.2 Å². The highest BCUT2D eigenvalue weighted by Crippen LogP contribution is 2.35. The largest absolute Gasteiger partial charge is 0.405 e. The smallest absolute Gasteiger partial charge is 0.326 e. The predicted octanol–water partition coefficient (Wildman–Crippen LogP) is 2.78. The van der Waals surface area contributed by atoms with Gasteiger partial charge in [-0.25, -0.2) is 0 Å². The van der Waals surface area contributed by atoms with Crippen LogP contribution < -0.4 is 5.73 Å². The zero-order chi connectivity index (χ0) is 13.2. The van der Waals surface area contributed by atoms with E-state index < -0.39 is 18.3 Å². The van der Waals surface area contributed by atoms with Gasteiger partial charge in [0.25, 0.3) is 0 Å². The summed E-state index contributed by atoms with van der Waals surface area (Å²) < 4.78 is 39.4. The maximum Gasteiger partial charge on any atom is 0.405 e. The molecule has 1 fully saturated rings. The molecular weight excluding hydrogens is 229 g/mol. The second-order valence-electron chi connectivity index (χ2n) is 5.29. The van der Waals surface area contributed by atoms with E-state index in [2.05, 4.69) is 0 Å². The lowest BCUT2D eigenvalue weighted by Crippen LogP contribution is -2.58. The Hall–Kier alpha value is -0.290. The molecule has 0 aromatic heterocycles. The average molecular weight is 252 g/mol. The van der Waals surface area contributed by atoms with Crippen LogP contribution in [0.4, 0.5) is 13.2 Å². The fraction of sp³-hybridized carbons (Fsp3) is 1.00. The zero-order valence-corrected chi connectivity index (χ0v) is 10.8. The lowest BCUT2D eigenvalue weighted by Gasteiger charge is -2.39. The van der Waals surface area contributed by atoms with Gasteiger partial charge in [-0.05, 0) is 39.0 Å². The number of halogens is 3. The second-order valence-corrected chi connectivity index (χ2v) is 5.29. The molecule has 1 aliphatic carbocycles. The molecule has 2 N–H and O–H groups in total. The minimum atomic E-state index is -4.24. The van der Waals surface area contributed by atoms with Gasteiger partial charge in [0.15, 0.2) is 0 Å². The first kappa shape index (κ1) is 14.8. The lowest BCUT2D eigenvalue weighted by atomic mass is 10.0. The van der Waals surface area contributed by atoms with Crippen molar-refractivity contribution in [2.75, 3.05) is 6.54 Å². The van der Waals surface area contributed by atoms with Crippen LogP contribution in [0.1, 0.15) is 40.0 Å². The van der Waals surface area contributed by atoms with Crippen LogP contribution in [-0.2, 0) is 0 Å². The molecule has 5 heteroatoms. The molecule has 0 spiro atoms. The summed E-state index contributed by atoms with van der Waals surface area (Å²) in [5, 5.41) is 0. The summed E-state index contributed by atoms with van der Waals surface area (Å²) >= 11 is 0. The van der Waals surface area contributed by atoms with Crippen LogP contribution >= 0.6 is 0 Å². The Labute approximate surface area is 101 Å². The third-order valence-corrected chi connectivity index (χ3v) is 3.40. The van der Waals surface area contributed by atoms with E-state index in [1.165, 1.54) is 4.90 Å². The van der Waals surface area contributed by atoms with Gasteiger partial charge >= 0.3 is 6.18 Å². The molecule has 17 heavy (non-hydrogen) atoms. The van der Waals surface area contributed by atoms with Crippen molar-refractivity contribution in [2.24, 2.45) is 11.7 Å². The maximum atomic E-state index is 13.1. The van der Waals surface area contributed by atoms with Gasteiger partial charge in [-0.15, -0.1) is 0 Å². The Bertz CT molecular complexity index is 236. The molecule has 0 heterocycles. The van der Waals surface area contributed by atoms with Crippen LogP contribution in [0.2, 0.25) is 0 Å². The van der Waals surface area contributed by atoms with E-state index in [-0.39, 0.29) is 6.04 Å². The summed E-state index contributed by atoms with van der Waals surface area (Å²) in [5.41, 5.74) is 5.68. The Balaban J connectivity index is 2.82. The minimum absolute atomic E-state index is 0.125. The van der Waals surface area contributed by atoms with Crippen LogP contribution in [0.15, 0.2) is 0 Å². The maximum absolute atomic E-state index is 13.1. The number of hydrogen-bond donors (Lipinski definition) is 1. The molecule has 0 aromatic rings. The fourth-order valence-electron chi connectivity index (χ4n) is 2.14. The molecule has 1 rings (SSSR count). The van der Waals surface area contributed by atoms with E-state index in [1.54, 1.807) is 6.92 Å². The fourth-order valence-corrected chi connectivity index (χ4v) is 2.14. The Kier molecular flexibility index (Phi) is 4.84. The lowest BCUT2D eigenvalue weighted by molar-refractivity contribution is -0.194. The van der Waals surface area contributed by atoms with Gasteiger partial charge in [-0.1, -0.05) is 6.92 Å². The number of alkyl halides is 3. The molecule has 0 amide bonds. The first-order valence-electron chi connectivity index (χ1n) is 6.35. The molecule has 1 aliphatic rings. The van der Waals surface area contributed by atoms with E-state index >= 15 is 0 Å². The molecule has 1 saturated carbocycles. The average Bonchev–Trinajstić information content (AvgIpc) is 2.97. The van der Waals surface area contributed by atoms with Crippen molar-refractivity contribution in [3.63, 3.8) is 0 Å². The molecular formula is C12H23F3N2.